The Bertz CT molecular complexity index is 372. The van der Waals surface area contributed by atoms with Gasteiger partial charge in [-0.05, 0) is 31.2 Å². The molecular formula is C10H12Cl2N2O2. The monoisotopic (exact) mass is 262 g/mol. The Morgan fingerprint density at radius 2 is 2.19 bits per heavy atom. The van der Waals surface area contributed by atoms with Crippen LogP contribution in [0.25, 0.3) is 0 Å². The minimum atomic E-state index is -0.572. The molecule has 0 aromatic heterocycles. The van der Waals surface area contributed by atoms with Crippen molar-refractivity contribution in [2.24, 2.45) is 5.73 Å². The summed E-state index contributed by atoms with van der Waals surface area (Å²) in [7, 11) is 0. The quantitative estimate of drug-likeness (QED) is 0.821. The van der Waals surface area contributed by atoms with Crippen LogP contribution in [0.1, 0.15) is 6.42 Å². The van der Waals surface area contributed by atoms with E-state index in [1.165, 1.54) is 0 Å². The molecule has 6 heteroatoms. The number of rotatable bonds is 4. The summed E-state index contributed by atoms with van der Waals surface area (Å²) in [6.07, 6.45) is 0.0501. The molecule has 0 radical (unpaired) electrons. The molecule has 0 aliphatic heterocycles. The SMILES string of the molecule is NCCCOC(=O)Nc1cc(Cl)ccc1Cl. The Morgan fingerprint density at radius 1 is 1.44 bits per heavy atom. The molecule has 0 atom stereocenters. The van der Waals surface area contributed by atoms with E-state index in [0.717, 1.165) is 0 Å². The van der Waals surface area contributed by atoms with Gasteiger partial charge in [-0.3, -0.25) is 5.32 Å². The largest absolute Gasteiger partial charge is 0.449 e. The number of nitrogens with one attached hydrogen (secondary N) is 1. The summed E-state index contributed by atoms with van der Waals surface area (Å²) in [4.78, 5) is 11.3. The van der Waals surface area contributed by atoms with E-state index < -0.39 is 6.09 Å². The number of carbonyl (C=O) groups is 1. The summed E-state index contributed by atoms with van der Waals surface area (Å²) in [5, 5.41) is 3.38. The van der Waals surface area contributed by atoms with Gasteiger partial charge in [0.15, 0.2) is 0 Å². The van der Waals surface area contributed by atoms with Crippen LogP contribution in [-0.2, 0) is 4.74 Å². The highest BCUT2D eigenvalue weighted by Gasteiger charge is 2.06. The van der Waals surface area contributed by atoms with E-state index in [4.69, 9.17) is 33.7 Å². The lowest BCUT2D eigenvalue weighted by Gasteiger charge is -2.08. The summed E-state index contributed by atoms with van der Waals surface area (Å²) in [6, 6.07) is 4.78. The Morgan fingerprint density at radius 3 is 2.88 bits per heavy atom. The summed E-state index contributed by atoms with van der Waals surface area (Å²) in [6.45, 7) is 0.756. The fraction of sp³-hybridized carbons (Fsp3) is 0.300. The molecule has 0 aliphatic carbocycles. The number of hydrogen-bond acceptors (Lipinski definition) is 3. The average Bonchev–Trinajstić information content (AvgIpc) is 2.24. The van der Waals surface area contributed by atoms with E-state index in [1.54, 1.807) is 18.2 Å². The smallest absolute Gasteiger partial charge is 0.411 e. The standard InChI is InChI=1S/C10H12Cl2N2O2/c11-7-2-3-8(12)9(6-7)14-10(15)16-5-1-4-13/h2-3,6H,1,4-5,13H2,(H,14,15). The van der Waals surface area contributed by atoms with Gasteiger partial charge in [0.05, 0.1) is 17.3 Å². The molecule has 3 N–H and O–H groups in total. The molecule has 88 valence electrons. The average molecular weight is 263 g/mol. The van der Waals surface area contributed by atoms with Crippen LogP contribution in [0.3, 0.4) is 0 Å². The summed E-state index contributed by atoms with van der Waals surface area (Å²) in [5.74, 6) is 0. The first kappa shape index (κ1) is 13.1. The third-order valence-electron chi connectivity index (χ3n) is 1.75. The first-order valence-electron chi connectivity index (χ1n) is 4.72. The van der Waals surface area contributed by atoms with Crippen LogP contribution in [0.2, 0.25) is 10.0 Å². The minimum absolute atomic E-state index is 0.278. The molecular weight excluding hydrogens is 251 g/mol. The molecule has 0 saturated heterocycles. The molecule has 0 fully saturated rings. The van der Waals surface area contributed by atoms with Crippen LogP contribution in [0.5, 0.6) is 0 Å². The third kappa shape index (κ3) is 4.26. The Kier molecular flexibility index (Phi) is 5.38. The number of carbonyl (C=O) groups excluding carboxylic acids is 1. The van der Waals surface area contributed by atoms with Crippen molar-refractivity contribution in [3.63, 3.8) is 0 Å². The van der Waals surface area contributed by atoms with E-state index in [1.807, 2.05) is 0 Å². The highest BCUT2D eigenvalue weighted by Crippen LogP contribution is 2.25. The van der Waals surface area contributed by atoms with Gasteiger partial charge >= 0.3 is 6.09 Å². The van der Waals surface area contributed by atoms with Gasteiger partial charge < -0.3 is 10.5 Å². The third-order valence-corrected chi connectivity index (χ3v) is 2.31. The number of nitrogens with two attached hydrogens (primary N) is 1. The maximum absolute atomic E-state index is 11.3. The van der Waals surface area contributed by atoms with Gasteiger partial charge in [0.1, 0.15) is 0 Å². The number of ether oxygens (including phenoxy) is 1. The summed E-state index contributed by atoms with van der Waals surface area (Å²) >= 11 is 11.6. The van der Waals surface area contributed by atoms with E-state index in [9.17, 15) is 4.79 Å². The van der Waals surface area contributed by atoms with Crippen LogP contribution in [-0.4, -0.2) is 19.2 Å². The van der Waals surface area contributed by atoms with Gasteiger partial charge in [-0.1, -0.05) is 23.2 Å². The molecule has 1 rings (SSSR count). The van der Waals surface area contributed by atoms with Crippen LogP contribution in [0, 0.1) is 0 Å². The van der Waals surface area contributed by atoms with Crippen molar-refractivity contribution in [2.75, 3.05) is 18.5 Å². The lowest BCUT2D eigenvalue weighted by Crippen LogP contribution is -2.16. The highest BCUT2D eigenvalue weighted by atomic mass is 35.5. The van der Waals surface area contributed by atoms with Crippen molar-refractivity contribution >= 4 is 35.0 Å². The normalized spacial score (nSPS) is 9.94. The number of hydrogen-bond donors (Lipinski definition) is 2. The van der Waals surface area contributed by atoms with E-state index in [-0.39, 0.29) is 6.61 Å². The zero-order chi connectivity index (χ0) is 12.0. The van der Waals surface area contributed by atoms with Crippen molar-refractivity contribution in [2.45, 2.75) is 6.42 Å². The Labute approximate surface area is 104 Å². The molecule has 0 bridgehead atoms. The maximum atomic E-state index is 11.3. The molecule has 0 saturated carbocycles. The fourth-order valence-electron chi connectivity index (χ4n) is 0.988. The van der Waals surface area contributed by atoms with Gasteiger partial charge in [0, 0.05) is 5.02 Å². The predicted octanol–water partition coefficient (Wildman–Crippen LogP) is 2.89. The Balaban J connectivity index is 2.52. The van der Waals surface area contributed by atoms with Crippen LogP contribution >= 0.6 is 23.2 Å². The van der Waals surface area contributed by atoms with Gasteiger partial charge in [0.25, 0.3) is 0 Å². The molecule has 0 spiro atoms. The molecule has 0 unspecified atom stereocenters. The van der Waals surface area contributed by atoms with Gasteiger partial charge in [0.2, 0.25) is 0 Å². The summed E-state index contributed by atoms with van der Waals surface area (Å²) < 4.78 is 4.85. The topological polar surface area (TPSA) is 64.3 Å². The van der Waals surface area contributed by atoms with Crippen molar-refractivity contribution in [1.82, 2.24) is 0 Å². The van der Waals surface area contributed by atoms with E-state index in [2.05, 4.69) is 5.32 Å². The van der Waals surface area contributed by atoms with E-state index >= 15 is 0 Å². The van der Waals surface area contributed by atoms with Gasteiger partial charge in [-0.25, -0.2) is 4.79 Å². The second kappa shape index (κ2) is 6.58. The highest BCUT2D eigenvalue weighted by molar-refractivity contribution is 6.35. The van der Waals surface area contributed by atoms with Crippen molar-refractivity contribution in [3.8, 4) is 0 Å². The van der Waals surface area contributed by atoms with Crippen LogP contribution in [0.15, 0.2) is 18.2 Å². The predicted molar refractivity (Wildman–Crippen MR) is 65.1 cm³/mol. The lowest BCUT2D eigenvalue weighted by molar-refractivity contribution is 0.161. The van der Waals surface area contributed by atoms with E-state index in [0.29, 0.717) is 28.7 Å². The number of halogens is 2. The fourth-order valence-corrected chi connectivity index (χ4v) is 1.32. The number of anilines is 1. The number of amides is 1. The first-order chi connectivity index (χ1) is 7.63. The van der Waals surface area contributed by atoms with Crippen LogP contribution < -0.4 is 11.1 Å². The molecule has 0 aliphatic rings. The Hall–Kier alpha value is -0.970. The molecule has 4 nitrogen and oxygen atoms in total. The second-order valence-corrected chi connectivity index (χ2v) is 3.87. The molecule has 1 aromatic rings. The van der Waals surface area contributed by atoms with Gasteiger partial charge in [-0.15, -0.1) is 0 Å². The molecule has 0 heterocycles. The van der Waals surface area contributed by atoms with Crippen molar-refractivity contribution < 1.29 is 9.53 Å². The van der Waals surface area contributed by atoms with Crippen molar-refractivity contribution in [1.29, 1.82) is 0 Å². The lowest BCUT2D eigenvalue weighted by atomic mass is 10.3. The molecule has 16 heavy (non-hydrogen) atoms. The van der Waals surface area contributed by atoms with Crippen molar-refractivity contribution in [3.05, 3.63) is 28.2 Å². The minimum Gasteiger partial charge on any atom is -0.449 e. The second-order valence-electron chi connectivity index (χ2n) is 3.03. The molecule has 1 aromatic carbocycles. The zero-order valence-electron chi connectivity index (χ0n) is 8.50. The number of benzene rings is 1. The van der Waals surface area contributed by atoms with Crippen LogP contribution in [0.4, 0.5) is 10.5 Å². The molecule has 1 amide bonds. The first-order valence-corrected chi connectivity index (χ1v) is 5.48. The zero-order valence-corrected chi connectivity index (χ0v) is 10.0. The maximum Gasteiger partial charge on any atom is 0.411 e. The summed E-state index contributed by atoms with van der Waals surface area (Å²) in [5.41, 5.74) is 5.68. The van der Waals surface area contributed by atoms with Gasteiger partial charge in [-0.2, -0.15) is 0 Å².